The van der Waals surface area contributed by atoms with Crippen LogP contribution in [0.3, 0.4) is 0 Å². The molecule has 0 spiro atoms. The van der Waals surface area contributed by atoms with E-state index >= 15 is 0 Å². The van der Waals surface area contributed by atoms with E-state index in [-0.39, 0.29) is 0 Å². The molecule has 1 aromatic carbocycles. The Kier molecular flexibility index (Phi) is 4.63. The number of benzene rings is 1. The lowest BCUT2D eigenvalue weighted by Gasteiger charge is -2.25. The molecular formula is C18H23N3. The Morgan fingerprint density at radius 3 is 2.90 bits per heavy atom. The van der Waals surface area contributed by atoms with E-state index in [9.17, 15) is 0 Å². The average Bonchev–Trinajstić information content (AvgIpc) is 2.76. The third-order valence-corrected chi connectivity index (χ3v) is 4.22. The van der Waals surface area contributed by atoms with Crippen LogP contribution in [0.2, 0.25) is 0 Å². The number of rotatable bonds is 3. The van der Waals surface area contributed by atoms with E-state index in [2.05, 4.69) is 58.5 Å². The fourth-order valence-electron chi connectivity index (χ4n) is 2.97. The minimum absolute atomic E-state index is 0.427. The molecule has 1 aliphatic rings. The first-order chi connectivity index (χ1) is 10.3. The lowest BCUT2D eigenvalue weighted by atomic mass is 10.1. The van der Waals surface area contributed by atoms with Crippen LogP contribution in [-0.4, -0.2) is 29.5 Å². The molecule has 3 heteroatoms. The number of pyridine rings is 1. The summed E-state index contributed by atoms with van der Waals surface area (Å²) in [5.74, 6) is 0. The number of hydrogen-bond donors (Lipinski definition) is 1. The van der Waals surface area contributed by atoms with Gasteiger partial charge in [0.05, 0.1) is 0 Å². The van der Waals surface area contributed by atoms with E-state index in [1.165, 1.54) is 23.1 Å². The van der Waals surface area contributed by atoms with Crippen LogP contribution in [0.15, 0.2) is 48.8 Å². The third-order valence-electron chi connectivity index (χ3n) is 4.22. The van der Waals surface area contributed by atoms with Crippen LogP contribution in [0, 0.1) is 6.92 Å². The van der Waals surface area contributed by atoms with Crippen molar-refractivity contribution in [1.82, 2.24) is 15.2 Å². The van der Waals surface area contributed by atoms with E-state index in [1.54, 1.807) is 0 Å². The first-order valence-electron chi connectivity index (χ1n) is 7.73. The molecule has 1 aromatic heterocycles. The van der Waals surface area contributed by atoms with E-state index < -0.39 is 0 Å². The van der Waals surface area contributed by atoms with Crippen molar-refractivity contribution in [1.29, 1.82) is 0 Å². The molecule has 0 radical (unpaired) electrons. The third kappa shape index (κ3) is 3.69. The van der Waals surface area contributed by atoms with E-state index in [4.69, 9.17) is 0 Å². The number of hydrogen-bond acceptors (Lipinski definition) is 3. The van der Waals surface area contributed by atoms with Gasteiger partial charge < -0.3 is 5.32 Å². The van der Waals surface area contributed by atoms with Crippen molar-refractivity contribution in [3.63, 3.8) is 0 Å². The molecule has 21 heavy (non-hydrogen) atoms. The molecule has 1 aliphatic heterocycles. The largest absolute Gasteiger partial charge is 0.309 e. The molecule has 0 amide bonds. The number of aromatic nitrogens is 1. The van der Waals surface area contributed by atoms with Gasteiger partial charge in [0, 0.05) is 31.5 Å². The maximum atomic E-state index is 4.19. The van der Waals surface area contributed by atoms with Gasteiger partial charge in [-0.3, -0.25) is 9.88 Å². The molecule has 3 rings (SSSR count). The summed E-state index contributed by atoms with van der Waals surface area (Å²) < 4.78 is 0. The topological polar surface area (TPSA) is 28.2 Å². The summed E-state index contributed by atoms with van der Waals surface area (Å²) in [7, 11) is 0. The second-order valence-electron chi connectivity index (χ2n) is 5.81. The Labute approximate surface area is 127 Å². The van der Waals surface area contributed by atoms with Crippen LogP contribution < -0.4 is 5.32 Å². The smallest absolute Gasteiger partial charge is 0.0449 e. The highest BCUT2D eigenvalue weighted by atomic mass is 15.2. The second kappa shape index (κ2) is 6.83. The van der Waals surface area contributed by atoms with E-state index in [0.717, 1.165) is 26.2 Å². The summed E-state index contributed by atoms with van der Waals surface area (Å²) in [5.41, 5.74) is 4.06. The zero-order valence-electron chi connectivity index (χ0n) is 12.6. The summed E-state index contributed by atoms with van der Waals surface area (Å²) >= 11 is 0. The van der Waals surface area contributed by atoms with Crippen LogP contribution >= 0.6 is 0 Å². The van der Waals surface area contributed by atoms with Crippen LogP contribution in [0.1, 0.15) is 29.2 Å². The van der Waals surface area contributed by atoms with Crippen molar-refractivity contribution in [3.8, 4) is 0 Å². The molecule has 110 valence electrons. The summed E-state index contributed by atoms with van der Waals surface area (Å²) in [4.78, 5) is 6.74. The van der Waals surface area contributed by atoms with Gasteiger partial charge in [-0.2, -0.15) is 0 Å². The zero-order valence-corrected chi connectivity index (χ0v) is 12.6. The Morgan fingerprint density at radius 1 is 1.24 bits per heavy atom. The molecule has 0 saturated carbocycles. The minimum atomic E-state index is 0.427. The summed E-state index contributed by atoms with van der Waals surface area (Å²) in [5, 5.41) is 3.67. The van der Waals surface area contributed by atoms with Gasteiger partial charge in [-0.05, 0) is 49.2 Å². The summed E-state index contributed by atoms with van der Waals surface area (Å²) in [6.45, 7) is 6.46. The molecule has 2 heterocycles. The number of nitrogens with zero attached hydrogens (tertiary/aromatic N) is 2. The fourth-order valence-corrected chi connectivity index (χ4v) is 2.97. The summed E-state index contributed by atoms with van der Waals surface area (Å²) in [6, 6.07) is 13.3. The van der Waals surface area contributed by atoms with E-state index in [0.29, 0.717) is 6.04 Å². The Hall–Kier alpha value is -1.71. The quantitative estimate of drug-likeness (QED) is 0.937. The van der Waals surface area contributed by atoms with Crippen LogP contribution in [-0.2, 0) is 6.54 Å². The Balaban J connectivity index is 1.72. The molecule has 0 bridgehead atoms. The van der Waals surface area contributed by atoms with Gasteiger partial charge in [-0.15, -0.1) is 0 Å². The minimum Gasteiger partial charge on any atom is -0.309 e. The Morgan fingerprint density at radius 2 is 2.10 bits per heavy atom. The van der Waals surface area contributed by atoms with Gasteiger partial charge in [0.25, 0.3) is 0 Å². The van der Waals surface area contributed by atoms with Gasteiger partial charge in [-0.1, -0.05) is 30.3 Å². The van der Waals surface area contributed by atoms with Gasteiger partial charge in [0.2, 0.25) is 0 Å². The summed E-state index contributed by atoms with van der Waals surface area (Å²) in [6.07, 6.45) is 5.06. The highest BCUT2D eigenvalue weighted by molar-refractivity contribution is 5.22. The lowest BCUT2D eigenvalue weighted by Crippen LogP contribution is -2.31. The van der Waals surface area contributed by atoms with Crippen molar-refractivity contribution in [2.24, 2.45) is 0 Å². The molecule has 1 N–H and O–H groups in total. The molecule has 1 atom stereocenters. The zero-order chi connectivity index (χ0) is 14.5. The van der Waals surface area contributed by atoms with Crippen molar-refractivity contribution in [2.45, 2.75) is 25.9 Å². The fraction of sp³-hybridized carbons (Fsp3) is 0.389. The lowest BCUT2D eigenvalue weighted by molar-refractivity contribution is 0.260. The van der Waals surface area contributed by atoms with Gasteiger partial charge in [0.15, 0.2) is 0 Å². The van der Waals surface area contributed by atoms with Crippen molar-refractivity contribution in [2.75, 3.05) is 19.6 Å². The van der Waals surface area contributed by atoms with Crippen LogP contribution in [0.25, 0.3) is 0 Å². The standard InChI is InChI=1S/C18H23N3/c1-15-12-19-10-8-17(15)13-21-11-5-9-20-18(14-21)16-6-3-2-4-7-16/h2-4,6-8,10,12,18,20H,5,9,11,13-14H2,1H3. The average molecular weight is 281 g/mol. The Bertz CT molecular complexity index is 568. The first kappa shape index (κ1) is 14.2. The predicted octanol–water partition coefficient (Wildman–Crippen LogP) is 2.93. The number of nitrogens with one attached hydrogen (secondary N) is 1. The van der Waals surface area contributed by atoms with Gasteiger partial charge in [-0.25, -0.2) is 0 Å². The van der Waals surface area contributed by atoms with Crippen LogP contribution in [0.5, 0.6) is 0 Å². The first-order valence-corrected chi connectivity index (χ1v) is 7.73. The van der Waals surface area contributed by atoms with Crippen molar-refractivity contribution < 1.29 is 0 Å². The molecule has 1 fully saturated rings. The molecule has 1 unspecified atom stereocenters. The molecule has 3 nitrogen and oxygen atoms in total. The predicted molar refractivity (Wildman–Crippen MR) is 86.1 cm³/mol. The van der Waals surface area contributed by atoms with Crippen LogP contribution in [0.4, 0.5) is 0 Å². The monoisotopic (exact) mass is 281 g/mol. The van der Waals surface area contributed by atoms with Crippen molar-refractivity contribution >= 4 is 0 Å². The van der Waals surface area contributed by atoms with Gasteiger partial charge in [0.1, 0.15) is 0 Å². The van der Waals surface area contributed by atoms with Gasteiger partial charge >= 0.3 is 0 Å². The maximum absolute atomic E-state index is 4.19. The second-order valence-corrected chi connectivity index (χ2v) is 5.81. The van der Waals surface area contributed by atoms with E-state index in [1.807, 2.05) is 12.4 Å². The molecule has 1 saturated heterocycles. The number of aryl methyl sites for hydroxylation is 1. The molecular weight excluding hydrogens is 258 g/mol. The normalized spacial score (nSPS) is 20.1. The maximum Gasteiger partial charge on any atom is 0.0449 e. The highest BCUT2D eigenvalue weighted by Gasteiger charge is 2.19. The van der Waals surface area contributed by atoms with Crippen molar-refractivity contribution in [3.05, 3.63) is 65.5 Å². The SMILES string of the molecule is Cc1cnccc1CN1CCCNC(c2ccccc2)C1. The molecule has 0 aliphatic carbocycles. The highest BCUT2D eigenvalue weighted by Crippen LogP contribution is 2.19. The molecule has 2 aromatic rings.